The summed E-state index contributed by atoms with van der Waals surface area (Å²) in [4.78, 5) is 7.03. The van der Waals surface area contributed by atoms with Gasteiger partial charge in [-0.2, -0.15) is 0 Å². The minimum absolute atomic E-state index is 0.0653. The van der Waals surface area contributed by atoms with Crippen molar-refractivity contribution >= 4 is 0 Å². The molecule has 0 radical (unpaired) electrons. The third-order valence-corrected chi connectivity index (χ3v) is 2.58. The highest BCUT2D eigenvalue weighted by atomic mass is 19.1. The maximum atomic E-state index is 13.5. The summed E-state index contributed by atoms with van der Waals surface area (Å²) in [6.07, 6.45) is 3.41. The van der Waals surface area contributed by atoms with Crippen LogP contribution in [0, 0.1) is 5.82 Å². The van der Waals surface area contributed by atoms with E-state index in [9.17, 15) is 4.39 Å². The summed E-state index contributed by atoms with van der Waals surface area (Å²) in [5.74, 6) is 0.324. The summed E-state index contributed by atoms with van der Waals surface area (Å²) in [5, 5.41) is 12.3. The summed E-state index contributed by atoms with van der Waals surface area (Å²) in [6.45, 7) is 2.40. The lowest BCUT2D eigenvalue weighted by molar-refractivity contribution is 0.463. The molecule has 2 aromatic rings. The fourth-order valence-corrected chi connectivity index (χ4v) is 1.62. The summed E-state index contributed by atoms with van der Waals surface area (Å²) in [7, 11) is 0. The van der Waals surface area contributed by atoms with Gasteiger partial charge < -0.3 is 15.4 Å². The van der Waals surface area contributed by atoms with Crippen molar-refractivity contribution in [1.29, 1.82) is 0 Å². The Labute approximate surface area is 98.5 Å². The first-order valence-corrected chi connectivity index (χ1v) is 5.37. The van der Waals surface area contributed by atoms with E-state index in [4.69, 9.17) is 5.11 Å². The fourth-order valence-electron chi connectivity index (χ4n) is 1.62. The molecule has 0 aliphatic carbocycles. The van der Waals surface area contributed by atoms with Crippen LogP contribution in [0.4, 0.5) is 4.39 Å². The number of rotatable bonds is 4. The normalized spacial score (nSPS) is 12.6. The highest BCUT2D eigenvalue weighted by molar-refractivity contribution is 5.29. The molecule has 1 heterocycles. The number of nitrogens with zero attached hydrogens (tertiary/aromatic N) is 1. The molecule has 0 bridgehead atoms. The topological polar surface area (TPSA) is 60.9 Å². The zero-order valence-electron chi connectivity index (χ0n) is 9.44. The van der Waals surface area contributed by atoms with Gasteiger partial charge in [-0.05, 0) is 13.0 Å². The molecule has 2 rings (SSSR count). The number of imidazole rings is 1. The van der Waals surface area contributed by atoms with Crippen molar-refractivity contribution in [2.45, 2.75) is 19.5 Å². The van der Waals surface area contributed by atoms with Crippen LogP contribution in [0.2, 0.25) is 0 Å². The summed E-state index contributed by atoms with van der Waals surface area (Å²) < 4.78 is 13.5. The Bertz CT molecular complexity index is 485. The molecule has 5 heteroatoms. The van der Waals surface area contributed by atoms with Crippen LogP contribution in [-0.4, -0.2) is 15.1 Å². The number of aromatic hydroxyl groups is 1. The van der Waals surface area contributed by atoms with E-state index in [1.807, 2.05) is 6.92 Å². The lowest BCUT2D eigenvalue weighted by atomic mass is 10.1. The van der Waals surface area contributed by atoms with E-state index < -0.39 is 5.82 Å². The molecule has 1 unspecified atom stereocenters. The van der Waals surface area contributed by atoms with Crippen molar-refractivity contribution in [3.05, 3.63) is 47.8 Å². The van der Waals surface area contributed by atoms with Gasteiger partial charge >= 0.3 is 0 Å². The minimum Gasteiger partial charge on any atom is -0.508 e. The molecular weight excluding hydrogens is 221 g/mol. The number of aromatic nitrogens is 2. The first kappa shape index (κ1) is 11.6. The molecule has 0 spiro atoms. The standard InChI is InChI=1S/C12H14FN3O/c1-8(16-7-12-14-4-5-15-12)10-3-2-9(17)6-11(10)13/h2-6,8,16-17H,7H2,1H3,(H,14,15). The molecule has 1 aromatic carbocycles. The van der Waals surface area contributed by atoms with Crippen molar-refractivity contribution in [2.24, 2.45) is 0 Å². The monoisotopic (exact) mass is 235 g/mol. The van der Waals surface area contributed by atoms with Crippen LogP contribution in [-0.2, 0) is 6.54 Å². The Morgan fingerprint density at radius 3 is 3.00 bits per heavy atom. The average molecular weight is 235 g/mol. The van der Waals surface area contributed by atoms with Crippen molar-refractivity contribution in [3.63, 3.8) is 0 Å². The Hall–Kier alpha value is -1.88. The van der Waals surface area contributed by atoms with E-state index >= 15 is 0 Å². The molecule has 0 aliphatic heterocycles. The van der Waals surface area contributed by atoms with Gasteiger partial charge in [0, 0.05) is 30.1 Å². The van der Waals surface area contributed by atoms with Gasteiger partial charge in [0.15, 0.2) is 0 Å². The Kier molecular flexibility index (Phi) is 3.39. The van der Waals surface area contributed by atoms with Crippen molar-refractivity contribution in [2.75, 3.05) is 0 Å². The number of hydrogen-bond donors (Lipinski definition) is 3. The lowest BCUT2D eigenvalue weighted by Crippen LogP contribution is -2.19. The lowest BCUT2D eigenvalue weighted by Gasteiger charge is -2.14. The van der Waals surface area contributed by atoms with Gasteiger partial charge in [0.1, 0.15) is 17.4 Å². The number of nitrogens with one attached hydrogen (secondary N) is 2. The molecule has 3 N–H and O–H groups in total. The van der Waals surface area contributed by atoms with Crippen LogP contribution in [0.1, 0.15) is 24.4 Å². The van der Waals surface area contributed by atoms with Crippen LogP contribution >= 0.6 is 0 Å². The van der Waals surface area contributed by atoms with E-state index in [2.05, 4.69) is 15.3 Å². The van der Waals surface area contributed by atoms with Crippen LogP contribution in [0.3, 0.4) is 0 Å². The predicted octanol–water partition coefficient (Wildman–Crippen LogP) is 2.11. The molecule has 0 saturated carbocycles. The Morgan fingerprint density at radius 1 is 1.53 bits per heavy atom. The third kappa shape index (κ3) is 2.82. The highest BCUT2D eigenvalue weighted by Crippen LogP contribution is 2.20. The molecule has 0 aliphatic rings. The van der Waals surface area contributed by atoms with Gasteiger partial charge in [-0.15, -0.1) is 0 Å². The molecule has 1 atom stereocenters. The summed E-state index contributed by atoms with van der Waals surface area (Å²) >= 11 is 0. The number of hydrogen-bond acceptors (Lipinski definition) is 3. The van der Waals surface area contributed by atoms with Crippen LogP contribution in [0.15, 0.2) is 30.6 Å². The number of H-pyrrole nitrogens is 1. The van der Waals surface area contributed by atoms with E-state index in [1.165, 1.54) is 6.07 Å². The van der Waals surface area contributed by atoms with Gasteiger partial charge in [-0.3, -0.25) is 0 Å². The maximum Gasteiger partial charge on any atom is 0.131 e. The molecule has 0 saturated heterocycles. The zero-order valence-corrected chi connectivity index (χ0v) is 9.44. The second kappa shape index (κ2) is 4.97. The van der Waals surface area contributed by atoms with Crippen molar-refractivity contribution in [3.8, 4) is 5.75 Å². The Morgan fingerprint density at radius 2 is 2.35 bits per heavy atom. The predicted molar refractivity (Wildman–Crippen MR) is 61.9 cm³/mol. The largest absolute Gasteiger partial charge is 0.508 e. The number of aromatic amines is 1. The quantitative estimate of drug-likeness (QED) is 0.760. The number of phenolic OH excluding ortho intramolecular Hbond substituents is 1. The van der Waals surface area contributed by atoms with Gasteiger partial charge in [0.2, 0.25) is 0 Å². The van der Waals surface area contributed by atoms with Crippen LogP contribution in [0.25, 0.3) is 0 Å². The zero-order chi connectivity index (χ0) is 12.3. The third-order valence-electron chi connectivity index (χ3n) is 2.58. The highest BCUT2D eigenvalue weighted by Gasteiger charge is 2.11. The van der Waals surface area contributed by atoms with Gasteiger partial charge in [-0.25, -0.2) is 9.37 Å². The van der Waals surface area contributed by atoms with Gasteiger partial charge in [0.05, 0.1) is 6.54 Å². The molecule has 4 nitrogen and oxygen atoms in total. The molecule has 1 aromatic heterocycles. The first-order chi connectivity index (χ1) is 8.16. The second-order valence-corrected chi connectivity index (χ2v) is 3.84. The first-order valence-electron chi connectivity index (χ1n) is 5.37. The van der Waals surface area contributed by atoms with Crippen molar-refractivity contribution < 1.29 is 9.50 Å². The number of benzene rings is 1. The summed E-state index contributed by atoms with van der Waals surface area (Å²) in [5.41, 5.74) is 0.523. The van der Waals surface area contributed by atoms with Crippen molar-refractivity contribution in [1.82, 2.24) is 15.3 Å². The SMILES string of the molecule is CC(NCc1ncc[nH]1)c1ccc(O)cc1F. The smallest absolute Gasteiger partial charge is 0.131 e. The molecule has 90 valence electrons. The summed E-state index contributed by atoms with van der Waals surface area (Å²) in [6, 6.07) is 4.01. The van der Waals surface area contributed by atoms with Gasteiger partial charge in [0.25, 0.3) is 0 Å². The Balaban J connectivity index is 2.01. The minimum atomic E-state index is -0.413. The van der Waals surface area contributed by atoms with E-state index in [1.54, 1.807) is 18.5 Å². The van der Waals surface area contributed by atoms with E-state index in [0.717, 1.165) is 11.9 Å². The van der Waals surface area contributed by atoms with E-state index in [0.29, 0.717) is 12.1 Å². The maximum absolute atomic E-state index is 13.5. The molecule has 0 amide bonds. The van der Waals surface area contributed by atoms with Crippen LogP contribution in [0.5, 0.6) is 5.75 Å². The van der Waals surface area contributed by atoms with Gasteiger partial charge in [-0.1, -0.05) is 6.07 Å². The number of phenols is 1. The molecular formula is C12H14FN3O. The molecule has 0 fully saturated rings. The molecule has 17 heavy (non-hydrogen) atoms. The van der Waals surface area contributed by atoms with Crippen LogP contribution < -0.4 is 5.32 Å². The fraction of sp³-hybridized carbons (Fsp3) is 0.250. The number of halogens is 1. The van der Waals surface area contributed by atoms with E-state index in [-0.39, 0.29) is 11.8 Å². The second-order valence-electron chi connectivity index (χ2n) is 3.84. The average Bonchev–Trinajstić information content (AvgIpc) is 2.78.